The minimum Gasteiger partial charge on any atom is -0.469 e. The lowest BCUT2D eigenvalue weighted by atomic mass is 9.96. The van der Waals surface area contributed by atoms with Crippen LogP contribution in [-0.2, 0) is 19.1 Å². The van der Waals surface area contributed by atoms with Crippen LogP contribution < -0.4 is 10.2 Å². The van der Waals surface area contributed by atoms with Crippen molar-refractivity contribution >= 4 is 23.5 Å². The first-order valence-electron chi connectivity index (χ1n) is 9.21. The second kappa shape index (κ2) is 9.36. The molecule has 1 saturated heterocycles. The Hall–Kier alpha value is -2.37. The van der Waals surface area contributed by atoms with Crippen LogP contribution in [-0.4, -0.2) is 38.0 Å². The lowest BCUT2D eigenvalue weighted by molar-refractivity contribution is -0.140. The molecule has 142 valence electrons. The summed E-state index contributed by atoms with van der Waals surface area (Å²) in [6.07, 6.45) is 2.01. The van der Waals surface area contributed by atoms with Gasteiger partial charge in [-0.3, -0.25) is 14.4 Å². The molecule has 2 amide bonds. The molecule has 0 aliphatic carbocycles. The molecular formula is C20H28N2O4. The van der Waals surface area contributed by atoms with Crippen molar-refractivity contribution in [3.63, 3.8) is 0 Å². The fourth-order valence-electron chi connectivity index (χ4n) is 3.18. The Labute approximate surface area is 154 Å². The van der Waals surface area contributed by atoms with Gasteiger partial charge in [-0.25, -0.2) is 0 Å². The van der Waals surface area contributed by atoms with Crippen LogP contribution in [0.25, 0.3) is 0 Å². The SMILES string of the molecule is CCC(C)c1ccccc1N1CC(C(=O)NCCCC(=O)OC)CC1=O. The largest absolute Gasteiger partial charge is 0.469 e. The minimum absolute atomic E-state index is 0.0181. The van der Waals surface area contributed by atoms with Crippen molar-refractivity contribution in [3.8, 4) is 0 Å². The molecule has 6 nitrogen and oxygen atoms in total. The first kappa shape index (κ1) is 19.9. The minimum atomic E-state index is -0.356. The summed E-state index contributed by atoms with van der Waals surface area (Å²) in [6, 6.07) is 7.92. The predicted molar refractivity (Wildman–Crippen MR) is 99.9 cm³/mol. The number of anilines is 1. The third-order valence-corrected chi connectivity index (χ3v) is 4.95. The number of carbonyl (C=O) groups is 3. The van der Waals surface area contributed by atoms with Crippen LogP contribution in [0.1, 0.15) is 51.0 Å². The van der Waals surface area contributed by atoms with E-state index in [2.05, 4.69) is 30.0 Å². The van der Waals surface area contributed by atoms with Gasteiger partial charge in [0.05, 0.1) is 13.0 Å². The molecule has 1 aliphatic rings. The highest BCUT2D eigenvalue weighted by molar-refractivity contribution is 6.00. The summed E-state index contributed by atoms with van der Waals surface area (Å²) in [5, 5.41) is 2.82. The number of methoxy groups -OCH3 is 1. The highest BCUT2D eigenvalue weighted by Crippen LogP contribution is 2.33. The van der Waals surface area contributed by atoms with Gasteiger partial charge in [-0.05, 0) is 30.4 Å². The van der Waals surface area contributed by atoms with Crippen molar-refractivity contribution in [1.82, 2.24) is 5.32 Å². The number of benzene rings is 1. The number of hydrogen-bond acceptors (Lipinski definition) is 4. The molecule has 1 aliphatic heterocycles. The monoisotopic (exact) mass is 360 g/mol. The molecular weight excluding hydrogens is 332 g/mol. The lowest BCUT2D eigenvalue weighted by Crippen LogP contribution is -2.34. The Morgan fingerprint density at radius 2 is 2.08 bits per heavy atom. The number of hydrogen-bond donors (Lipinski definition) is 1. The summed E-state index contributed by atoms with van der Waals surface area (Å²) in [5.41, 5.74) is 2.05. The van der Waals surface area contributed by atoms with Crippen molar-refractivity contribution < 1.29 is 19.1 Å². The normalized spacial score (nSPS) is 17.9. The Morgan fingerprint density at radius 1 is 1.35 bits per heavy atom. The molecule has 0 aromatic heterocycles. The molecule has 2 rings (SSSR count). The van der Waals surface area contributed by atoms with Gasteiger partial charge in [-0.15, -0.1) is 0 Å². The number of nitrogens with zero attached hydrogens (tertiary/aromatic N) is 1. The topological polar surface area (TPSA) is 75.7 Å². The molecule has 0 radical (unpaired) electrons. The molecule has 0 spiro atoms. The zero-order valence-electron chi connectivity index (χ0n) is 15.8. The third kappa shape index (κ3) is 4.84. The summed E-state index contributed by atoms with van der Waals surface area (Å²) in [6.45, 7) is 5.07. The maximum absolute atomic E-state index is 12.5. The second-order valence-corrected chi connectivity index (χ2v) is 6.74. The molecule has 0 bridgehead atoms. The van der Waals surface area contributed by atoms with Crippen molar-refractivity contribution in [2.45, 2.75) is 45.4 Å². The smallest absolute Gasteiger partial charge is 0.305 e. The van der Waals surface area contributed by atoms with E-state index in [9.17, 15) is 14.4 Å². The van der Waals surface area contributed by atoms with Gasteiger partial charge in [0.15, 0.2) is 0 Å². The number of para-hydroxylation sites is 1. The van der Waals surface area contributed by atoms with Crippen LogP contribution in [0.3, 0.4) is 0 Å². The molecule has 1 N–H and O–H groups in total. The highest BCUT2D eigenvalue weighted by atomic mass is 16.5. The number of esters is 1. The van der Waals surface area contributed by atoms with Crippen molar-refractivity contribution in [1.29, 1.82) is 0 Å². The summed E-state index contributed by atoms with van der Waals surface area (Å²) in [4.78, 5) is 37.7. The van der Waals surface area contributed by atoms with Gasteiger partial charge < -0.3 is 15.0 Å². The van der Waals surface area contributed by atoms with E-state index in [1.54, 1.807) is 4.90 Å². The Bertz CT molecular complexity index is 659. The van der Waals surface area contributed by atoms with Crippen LogP contribution in [0, 0.1) is 5.92 Å². The standard InChI is InChI=1S/C20H28N2O4/c1-4-14(2)16-8-5-6-9-17(16)22-13-15(12-18(22)23)20(25)21-11-7-10-19(24)26-3/h5-6,8-9,14-15H,4,7,10-13H2,1-3H3,(H,21,25). The summed E-state index contributed by atoms with van der Waals surface area (Å²) < 4.78 is 4.57. The van der Waals surface area contributed by atoms with Crippen LogP contribution in [0.2, 0.25) is 0 Å². The Kier molecular flexibility index (Phi) is 7.18. The number of rotatable bonds is 8. The summed E-state index contributed by atoms with van der Waals surface area (Å²) >= 11 is 0. The Balaban J connectivity index is 1.96. The number of carbonyl (C=O) groups excluding carboxylic acids is 3. The van der Waals surface area contributed by atoms with E-state index in [0.29, 0.717) is 25.4 Å². The molecule has 2 atom stereocenters. The molecule has 0 saturated carbocycles. The first-order valence-corrected chi connectivity index (χ1v) is 9.21. The first-order chi connectivity index (χ1) is 12.5. The third-order valence-electron chi connectivity index (χ3n) is 4.95. The summed E-state index contributed by atoms with van der Waals surface area (Å²) in [5.74, 6) is -0.443. The van der Waals surface area contributed by atoms with Gasteiger partial charge in [0.25, 0.3) is 0 Å². The van der Waals surface area contributed by atoms with E-state index in [1.165, 1.54) is 7.11 Å². The molecule has 2 unspecified atom stereocenters. The zero-order chi connectivity index (χ0) is 19.1. The predicted octanol–water partition coefficient (Wildman–Crippen LogP) is 2.62. The van der Waals surface area contributed by atoms with E-state index in [4.69, 9.17) is 0 Å². The van der Waals surface area contributed by atoms with Crippen LogP contribution in [0.5, 0.6) is 0 Å². The van der Waals surface area contributed by atoms with Crippen molar-refractivity contribution in [2.24, 2.45) is 5.92 Å². The van der Waals surface area contributed by atoms with Crippen molar-refractivity contribution in [2.75, 3.05) is 25.1 Å². The van der Waals surface area contributed by atoms with Gasteiger partial charge in [0.2, 0.25) is 11.8 Å². The van der Waals surface area contributed by atoms with Crippen LogP contribution in [0.4, 0.5) is 5.69 Å². The summed E-state index contributed by atoms with van der Waals surface area (Å²) in [7, 11) is 1.34. The molecule has 1 aromatic rings. The fourth-order valence-corrected chi connectivity index (χ4v) is 3.18. The van der Waals surface area contributed by atoms with E-state index in [0.717, 1.165) is 17.7 Å². The number of nitrogens with one attached hydrogen (secondary N) is 1. The van der Waals surface area contributed by atoms with Crippen molar-refractivity contribution in [3.05, 3.63) is 29.8 Å². The maximum atomic E-state index is 12.5. The molecule has 6 heteroatoms. The quantitative estimate of drug-likeness (QED) is 0.571. The zero-order valence-corrected chi connectivity index (χ0v) is 15.8. The van der Waals surface area contributed by atoms with Gasteiger partial charge >= 0.3 is 5.97 Å². The Morgan fingerprint density at radius 3 is 2.77 bits per heavy atom. The second-order valence-electron chi connectivity index (χ2n) is 6.74. The van der Waals surface area contributed by atoms with E-state index >= 15 is 0 Å². The van der Waals surface area contributed by atoms with Gasteiger partial charge in [0.1, 0.15) is 0 Å². The maximum Gasteiger partial charge on any atom is 0.305 e. The van der Waals surface area contributed by atoms with Gasteiger partial charge in [-0.2, -0.15) is 0 Å². The molecule has 1 fully saturated rings. The average Bonchev–Trinajstić information content (AvgIpc) is 3.05. The van der Waals surface area contributed by atoms with Gasteiger partial charge in [-0.1, -0.05) is 32.0 Å². The average molecular weight is 360 g/mol. The van der Waals surface area contributed by atoms with E-state index < -0.39 is 0 Å². The van der Waals surface area contributed by atoms with E-state index in [-0.39, 0.29) is 36.5 Å². The number of amides is 2. The van der Waals surface area contributed by atoms with Crippen LogP contribution >= 0.6 is 0 Å². The van der Waals surface area contributed by atoms with Crippen LogP contribution in [0.15, 0.2) is 24.3 Å². The molecule has 1 heterocycles. The molecule has 26 heavy (non-hydrogen) atoms. The van der Waals surface area contributed by atoms with E-state index in [1.807, 2.05) is 18.2 Å². The highest BCUT2D eigenvalue weighted by Gasteiger charge is 2.36. The molecule has 1 aromatic carbocycles. The number of ether oxygens (including phenoxy) is 1. The fraction of sp³-hybridized carbons (Fsp3) is 0.550. The lowest BCUT2D eigenvalue weighted by Gasteiger charge is -2.23. The van der Waals surface area contributed by atoms with Gasteiger partial charge in [0, 0.05) is 31.6 Å².